The first-order chi connectivity index (χ1) is 20.4. The van der Waals surface area contributed by atoms with Crippen LogP contribution in [0.15, 0.2) is 48.5 Å². The smallest absolute Gasteiger partial charge is 0.293 e. The van der Waals surface area contributed by atoms with E-state index in [4.69, 9.17) is 25.8 Å². The Morgan fingerprint density at radius 1 is 1.00 bits per heavy atom. The zero-order valence-corrected chi connectivity index (χ0v) is 25.9. The molecule has 0 saturated heterocycles. The van der Waals surface area contributed by atoms with Gasteiger partial charge in [0.15, 0.2) is 0 Å². The topological polar surface area (TPSA) is 149 Å². The Balaban J connectivity index is 1.76. The quantitative estimate of drug-likeness (QED) is 0.122. The molecule has 0 aliphatic carbocycles. The third kappa shape index (κ3) is 9.28. The van der Waals surface area contributed by atoms with E-state index >= 15 is 0 Å². The summed E-state index contributed by atoms with van der Waals surface area (Å²) in [6.07, 6.45) is 0.731. The Kier molecular flexibility index (Phi) is 11.7. The first kappa shape index (κ1) is 33.6. The Morgan fingerprint density at radius 2 is 1.67 bits per heavy atom. The molecular formula is C32H45N5O6. The van der Waals surface area contributed by atoms with E-state index in [1.807, 2.05) is 76.2 Å². The molecule has 0 atom stereocenters. The van der Waals surface area contributed by atoms with E-state index in [0.717, 1.165) is 11.1 Å². The summed E-state index contributed by atoms with van der Waals surface area (Å²) < 4.78 is 16.3. The predicted molar refractivity (Wildman–Crippen MR) is 166 cm³/mol. The molecule has 5 N–H and O–H groups in total. The van der Waals surface area contributed by atoms with Crippen LogP contribution in [0.1, 0.15) is 63.6 Å². The molecule has 2 amide bonds. The average molecular weight is 596 g/mol. The van der Waals surface area contributed by atoms with E-state index in [1.54, 1.807) is 12.0 Å². The van der Waals surface area contributed by atoms with Crippen molar-refractivity contribution in [3.63, 3.8) is 0 Å². The highest BCUT2D eigenvalue weighted by atomic mass is 16.5. The Hall–Kier alpha value is -3.93. The molecule has 0 bridgehead atoms. The van der Waals surface area contributed by atoms with Gasteiger partial charge in [-0.25, -0.2) is 5.84 Å². The summed E-state index contributed by atoms with van der Waals surface area (Å²) in [7, 11) is 1.67. The number of para-hydroxylation sites is 1. The molecule has 0 saturated carbocycles. The Labute approximate surface area is 254 Å². The fourth-order valence-corrected chi connectivity index (χ4v) is 4.68. The standard InChI is InChI=1S/C32H45N5O6/c1-31(2,41-5)16-18-43-32(3,4)21-35-27(39)14-15-28(40)36-20-23-10-6-7-11-24(23)29(33)30(37(34)17-19-42-22-38)25-12-8-9-13-26(25)36/h6-13,22H,14-21,33-34H2,1-5H3,(H,35,39)/b30-29-. The van der Waals surface area contributed by atoms with Crippen molar-refractivity contribution in [2.24, 2.45) is 11.6 Å². The highest BCUT2D eigenvalue weighted by molar-refractivity contribution is 6.01. The number of hydrogen-bond donors (Lipinski definition) is 3. The molecule has 3 rings (SSSR count). The fourth-order valence-electron chi connectivity index (χ4n) is 4.68. The molecule has 0 fully saturated rings. The van der Waals surface area contributed by atoms with Crippen LogP contribution in [-0.2, 0) is 35.1 Å². The van der Waals surface area contributed by atoms with Crippen molar-refractivity contribution in [3.8, 4) is 0 Å². The summed E-state index contributed by atoms with van der Waals surface area (Å²) >= 11 is 0. The first-order valence-electron chi connectivity index (χ1n) is 14.4. The average Bonchev–Trinajstić information content (AvgIpc) is 2.97. The lowest BCUT2D eigenvalue weighted by atomic mass is 9.95. The second kappa shape index (κ2) is 15.0. The molecule has 234 valence electrons. The van der Waals surface area contributed by atoms with E-state index in [1.165, 1.54) is 5.01 Å². The number of fused-ring (bicyclic) bond motifs is 2. The molecule has 2 aromatic rings. The maximum absolute atomic E-state index is 13.7. The van der Waals surface area contributed by atoms with Crippen LogP contribution >= 0.6 is 0 Å². The van der Waals surface area contributed by atoms with Crippen LogP contribution in [0.5, 0.6) is 0 Å². The summed E-state index contributed by atoms with van der Waals surface area (Å²) in [5, 5.41) is 4.33. The number of anilines is 1. The minimum atomic E-state index is -0.581. The molecule has 0 radical (unpaired) electrons. The lowest BCUT2D eigenvalue weighted by Crippen LogP contribution is -2.42. The maximum atomic E-state index is 13.7. The second-order valence-corrected chi connectivity index (χ2v) is 11.7. The molecule has 1 heterocycles. The van der Waals surface area contributed by atoms with Gasteiger partial charge in [-0.3, -0.25) is 14.4 Å². The fraction of sp³-hybridized carbons (Fsp3) is 0.469. The normalized spacial score (nSPS) is 15.1. The van der Waals surface area contributed by atoms with E-state index in [-0.39, 0.29) is 50.0 Å². The largest absolute Gasteiger partial charge is 0.466 e. The third-order valence-corrected chi connectivity index (χ3v) is 7.47. The van der Waals surface area contributed by atoms with Crippen LogP contribution in [0, 0.1) is 0 Å². The number of rotatable bonds is 15. The molecule has 1 aliphatic rings. The number of hydrazine groups is 1. The number of nitrogens with two attached hydrogens (primary N) is 2. The van der Waals surface area contributed by atoms with Gasteiger partial charge in [-0.1, -0.05) is 42.5 Å². The van der Waals surface area contributed by atoms with E-state index < -0.39 is 5.60 Å². The summed E-state index contributed by atoms with van der Waals surface area (Å²) in [5.41, 5.74) is 9.61. The summed E-state index contributed by atoms with van der Waals surface area (Å²) in [4.78, 5) is 38.9. The van der Waals surface area contributed by atoms with Crippen molar-refractivity contribution in [2.75, 3.05) is 38.3 Å². The SMILES string of the molecule is COC(C)(C)CCOC(C)(C)CNC(=O)CCC(=O)N1Cc2ccccc2/C(N)=C(/N(N)CCOC=O)c2ccccc21. The molecule has 0 unspecified atom stereocenters. The molecule has 0 aromatic heterocycles. The van der Waals surface area contributed by atoms with Crippen molar-refractivity contribution in [3.05, 3.63) is 65.2 Å². The number of benzene rings is 2. The van der Waals surface area contributed by atoms with Crippen molar-refractivity contribution < 1.29 is 28.6 Å². The lowest BCUT2D eigenvalue weighted by molar-refractivity contribution is -0.129. The van der Waals surface area contributed by atoms with Crippen molar-refractivity contribution in [1.82, 2.24) is 10.3 Å². The van der Waals surface area contributed by atoms with Crippen LogP contribution in [0.2, 0.25) is 0 Å². The zero-order valence-electron chi connectivity index (χ0n) is 25.9. The number of nitrogens with one attached hydrogen (secondary N) is 1. The highest BCUT2D eigenvalue weighted by Crippen LogP contribution is 2.37. The van der Waals surface area contributed by atoms with Gasteiger partial charge in [0.1, 0.15) is 6.61 Å². The van der Waals surface area contributed by atoms with Gasteiger partial charge < -0.3 is 35.2 Å². The molecule has 11 heteroatoms. The Bertz CT molecular complexity index is 1310. The summed E-state index contributed by atoms with van der Waals surface area (Å²) in [6.45, 7) is 9.48. The molecule has 11 nitrogen and oxygen atoms in total. The minimum Gasteiger partial charge on any atom is -0.466 e. The molecule has 0 spiro atoms. The van der Waals surface area contributed by atoms with Gasteiger partial charge in [0.2, 0.25) is 11.8 Å². The van der Waals surface area contributed by atoms with Gasteiger partial charge in [-0.05, 0) is 45.7 Å². The van der Waals surface area contributed by atoms with Crippen molar-refractivity contribution in [2.45, 2.75) is 64.7 Å². The number of carbonyl (C=O) groups is 3. The molecule has 43 heavy (non-hydrogen) atoms. The van der Waals surface area contributed by atoms with E-state index in [9.17, 15) is 14.4 Å². The van der Waals surface area contributed by atoms with Gasteiger partial charge in [0.25, 0.3) is 6.47 Å². The van der Waals surface area contributed by atoms with Crippen LogP contribution in [0.25, 0.3) is 11.4 Å². The van der Waals surface area contributed by atoms with Crippen LogP contribution in [0.4, 0.5) is 5.69 Å². The highest BCUT2D eigenvalue weighted by Gasteiger charge is 2.29. The summed E-state index contributed by atoms with van der Waals surface area (Å²) in [5.74, 6) is 5.99. The predicted octanol–water partition coefficient (Wildman–Crippen LogP) is 3.17. The van der Waals surface area contributed by atoms with Gasteiger partial charge >= 0.3 is 0 Å². The number of hydrogen-bond acceptors (Lipinski definition) is 9. The van der Waals surface area contributed by atoms with Gasteiger partial charge in [-0.15, -0.1) is 0 Å². The molecular weight excluding hydrogens is 550 g/mol. The summed E-state index contributed by atoms with van der Waals surface area (Å²) in [6, 6.07) is 14.9. The van der Waals surface area contributed by atoms with Gasteiger partial charge in [-0.2, -0.15) is 0 Å². The van der Waals surface area contributed by atoms with E-state index in [0.29, 0.717) is 48.7 Å². The van der Waals surface area contributed by atoms with Crippen molar-refractivity contribution >= 4 is 35.4 Å². The number of ether oxygens (including phenoxy) is 3. The number of amides is 2. The first-order valence-corrected chi connectivity index (χ1v) is 14.4. The third-order valence-electron chi connectivity index (χ3n) is 7.47. The Morgan fingerprint density at radius 3 is 2.37 bits per heavy atom. The van der Waals surface area contributed by atoms with Crippen LogP contribution in [0.3, 0.4) is 0 Å². The van der Waals surface area contributed by atoms with Gasteiger partial charge in [0, 0.05) is 37.6 Å². The number of nitrogens with zero attached hydrogens (tertiary/aromatic N) is 2. The number of methoxy groups -OCH3 is 1. The minimum absolute atomic E-state index is 0.000305. The zero-order chi connectivity index (χ0) is 31.6. The van der Waals surface area contributed by atoms with E-state index in [2.05, 4.69) is 5.32 Å². The monoisotopic (exact) mass is 595 g/mol. The number of carbonyl (C=O) groups excluding carboxylic acids is 3. The molecule has 2 aromatic carbocycles. The van der Waals surface area contributed by atoms with Crippen molar-refractivity contribution in [1.29, 1.82) is 0 Å². The maximum Gasteiger partial charge on any atom is 0.293 e. The van der Waals surface area contributed by atoms with Gasteiger partial charge in [0.05, 0.1) is 48.0 Å². The van der Waals surface area contributed by atoms with Crippen LogP contribution < -0.4 is 21.8 Å². The second-order valence-electron chi connectivity index (χ2n) is 11.7. The molecule has 1 aliphatic heterocycles. The lowest BCUT2D eigenvalue weighted by Gasteiger charge is -2.33. The van der Waals surface area contributed by atoms with Crippen LogP contribution in [-0.4, -0.2) is 67.9 Å².